The van der Waals surface area contributed by atoms with Crippen LogP contribution >= 0.6 is 23.8 Å². The summed E-state index contributed by atoms with van der Waals surface area (Å²) in [5, 5.41) is 11.1. The molecule has 0 spiro atoms. The highest BCUT2D eigenvalue weighted by molar-refractivity contribution is 7.80. The van der Waals surface area contributed by atoms with E-state index >= 15 is 0 Å². The normalized spacial score (nSPS) is 10.7. The molecule has 0 bridgehead atoms. The number of halogens is 2. The highest BCUT2D eigenvalue weighted by atomic mass is 35.5. The molecule has 1 aromatic heterocycles. The molecule has 0 radical (unpaired) electrons. The Labute approximate surface area is 133 Å². The molecule has 0 aliphatic rings. The number of nitrogens with zero attached hydrogens (tertiary/aromatic N) is 2. The molecule has 0 fully saturated rings. The van der Waals surface area contributed by atoms with E-state index in [2.05, 4.69) is 15.7 Å². The Morgan fingerprint density at radius 1 is 1.43 bits per heavy atom. The van der Waals surface area contributed by atoms with Crippen molar-refractivity contribution in [3.8, 4) is 0 Å². The quantitative estimate of drug-likeness (QED) is 0.845. The molecule has 0 aliphatic carbocycles. The monoisotopic (exact) mass is 326 g/mol. The fraction of sp³-hybridized carbons (Fsp3) is 0.286. The molecule has 1 heterocycles. The topological polar surface area (TPSA) is 41.9 Å². The molecule has 0 atom stereocenters. The van der Waals surface area contributed by atoms with Crippen molar-refractivity contribution in [3.63, 3.8) is 0 Å². The molecule has 0 aliphatic heterocycles. The van der Waals surface area contributed by atoms with Gasteiger partial charge in [0.1, 0.15) is 10.8 Å². The number of thiocarbonyl (C=S) groups is 1. The molecule has 4 nitrogen and oxygen atoms in total. The van der Waals surface area contributed by atoms with Gasteiger partial charge >= 0.3 is 0 Å². The van der Waals surface area contributed by atoms with E-state index < -0.39 is 0 Å². The van der Waals surface area contributed by atoms with Crippen molar-refractivity contribution in [2.24, 2.45) is 0 Å². The van der Waals surface area contributed by atoms with Crippen LogP contribution in [0.3, 0.4) is 0 Å². The van der Waals surface area contributed by atoms with Gasteiger partial charge in [-0.15, -0.1) is 0 Å². The second-order valence-corrected chi connectivity index (χ2v) is 5.68. The van der Waals surface area contributed by atoms with Gasteiger partial charge < -0.3 is 10.6 Å². The van der Waals surface area contributed by atoms with E-state index in [-0.39, 0.29) is 11.9 Å². The van der Waals surface area contributed by atoms with Crippen molar-refractivity contribution in [2.75, 3.05) is 5.32 Å². The summed E-state index contributed by atoms with van der Waals surface area (Å²) < 4.78 is 15.2. The lowest BCUT2D eigenvalue weighted by Gasteiger charge is -2.11. The van der Waals surface area contributed by atoms with E-state index in [9.17, 15) is 4.39 Å². The minimum absolute atomic E-state index is 0.212. The molecule has 2 aromatic rings. The summed E-state index contributed by atoms with van der Waals surface area (Å²) in [5.74, 6) is 0.182. The lowest BCUT2D eigenvalue weighted by Crippen LogP contribution is -2.34. The van der Waals surface area contributed by atoms with E-state index in [1.807, 2.05) is 13.8 Å². The van der Waals surface area contributed by atoms with E-state index in [1.165, 1.54) is 6.07 Å². The fourth-order valence-electron chi connectivity index (χ4n) is 1.77. The molecule has 0 saturated heterocycles. The van der Waals surface area contributed by atoms with Crippen LogP contribution in [-0.4, -0.2) is 20.9 Å². The largest absolute Gasteiger partial charge is 0.360 e. The molecule has 2 rings (SSSR count). The fourth-order valence-corrected chi connectivity index (χ4v) is 2.30. The van der Waals surface area contributed by atoms with E-state index in [0.29, 0.717) is 28.1 Å². The zero-order valence-corrected chi connectivity index (χ0v) is 13.3. The van der Waals surface area contributed by atoms with Crippen LogP contribution in [0.25, 0.3) is 0 Å². The van der Waals surface area contributed by atoms with Crippen LogP contribution in [0.5, 0.6) is 0 Å². The van der Waals surface area contributed by atoms with E-state index in [4.69, 9.17) is 23.8 Å². The summed E-state index contributed by atoms with van der Waals surface area (Å²) in [6.07, 6.45) is 1.63. The molecule has 0 saturated carbocycles. The maximum absolute atomic E-state index is 13.6. The van der Waals surface area contributed by atoms with Crippen LogP contribution in [-0.2, 0) is 6.54 Å². The number of rotatable bonds is 4. The summed E-state index contributed by atoms with van der Waals surface area (Å²) in [7, 11) is 0. The highest BCUT2D eigenvalue weighted by Crippen LogP contribution is 2.20. The van der Waals surface area contributed by atoms with Crippen molar-refractivity contribution in [2.45, 2.75) is 26.4 Å². The molecule has 2 N–H and O–H groups in total. The Balaban J connectivity index is 2.09. The van der Waals surface area contributed by atoms with Crippen LogP contribution in [0.2, 0.25) is 5.02 Å². The van der Waals surface area contributed by atoms with Crippen molar-refractivity contribution >= 4 is 34.7 Å². The van der Waals surface area contributed by atoms with Crippen molar-refractivity contribution in [1.82, 2.24) is 15.1 Å². The first-order chi connectivity index (χ1) is 9.95. The van der Waals surface area contributed by atoms with Gasteiger partial charge in [-0.25, -0.2) is 4.39 Å². The number of aromatic nitrogens is 2. The molecular formula is C14H16ClFN4S. The van der Waals surface area contributed by atoms with Gasteiger partial charge in [0.05, 0.1) is 6.54 Å². The SMILES string of the molecule is CC(C)NC(=S)Nc1nn(Cc2ccccc2F)cc1Cl. The zero-order chi connectivity index (χ0) is 15.4. The number of benzene rings is 1. The van der Waals surface area contributed by atoms with Gasteiger partial charge in [-0.05, 0) is 32.1 Å². The van der Waals surface area contributed by atoms with Crippen LogP contribution in [0.1, 0.15) is 19.4 Å². The van der Waals surface area contributed by atoms with Gasteiger partial charge in [0.15, 0.2) is 10.9 Å². The molecule has 7 heteroatoms. The van der Waals surface area contributed by atoms with Gasteiger partial charge in [0.25, 0.3) is 0 Å². The number of hydrogen-bond donors (Lipinski definition) is 2. The summed E-state index contributed by atoms with van der Waals surface area (Å²) in [5.41, 5.74) is 0.547. The first kappa shape index (κ1) is 15.7. The Morgan fingerprint density at radius 2 is 2.14 bits per heavy atom. The van der Waals surface area contributed by atoms with Crippen LogP contribution in [0, 0.1) is 5.82 Å². The third-order valence-electron chi connectivity index (χ3n) is 2.66. The average Bonchev–Trinajstić information content (AvgIpc) is 2.71. The summed E-state index contributed by atoms with van der Waals surface area (Å²) in [4.78, 5) is 0. The Kier molecular flexibility index (Phi) is 5.14. The van der Waals surface area contributed by atoms with Gasteiger partial charge in [0, 0.05) is 17.8 Å². The number of nitrogens with one attached hydrogen (secondary N) is 2. The average molecular weight is 327 g/mol. The summed E-state index contributed by atoms with van der Waals surface area (Å²) >= 11 is 11.2. The maximum Gasteiger partial charge on any atom is 0.173 e. The van der Waals surface area contributed by atoms with Crippen LogP contribution in [0.15, 0.2) is 30.5 Å². The maximum atomic E-state index is 13.6. The third-order valence-corrected chi connectivity index (χ3v) is 3.16. The highest BCUT2D eigenvalue weighted by Gasteiger charge is 2.10. The van der Waals surface area contributed by atoms with Crippen molar-refractivity contribution in [1.29, 1.82) is 0 Å². The Morgan fingerprint density at radius 3 is 2.81 bits per heavy atom. The Hall–Kier alpha value is -1.66. The number of anilines is 1. The molecule has 0 amide bonds. The lowest BCUT2D eigenvalue weighted by atomic mass is 10.2. The van der Waals surface area contributed by atoms with Crippen LogP contribution < -0.4 is 10.6 Å². The third kappa shape index (κ3) is 4.41. The van der Waals surface area contributed by atoms with Crippen LogP contribution in [0.4, 0.5) is 10.2 Å². The molecule has 0 unspecified atom stereocenters. The minimum atomic E-state index is -0.268. The smallest absolute Gasteiger partial charge is 0.173 e. The molecule has 21 heavy (non-hydrogen) atoms. The predicted octanol–water partition coefficient (Wildman–Crippen LogP) is 3.42. The second-order valence-electron chi connectivity index (χ2n) is 4.87. The summed E-state index contributed by atoms with van der Waals surface area (Å²) in [6.45, 7) is 4.26. The first-order valence-corrected chi connectivity index (χ1v) is 7.28. The second kappa shape index (κ2) is 6.87. The summed E-state index contributed by atoms with van der Waals surface area (Å²) in [6, 6.07) is 6.77. The van der Waals surface area contributed by atoms with E-state index in [0.717, 1.165) is 0 Å². The minimum Gasteiger partial charge on any atom is -0.360 e. The van der Waals surface area contributed by atoms with Gasteiger partial charge in [-0.2, -0.15) is 5.10 Å². The van der Waals surface area contributed by atoms with Crippen molar-refractivity contribution in [3.05, 3.63) is 46.9 Å². The van der Waals surface area contributed by atoms with Gasteiger partial charge in [-0.3, -0.25) is 4.68 Å². The standard InChI is InChI=1S/C14H16ClFN4S/c1-9(2)17-14(21)18-13-11(15)8-20(19-13)7-10-5-3-4-6-12(10)16/h3-6,8-9H,7H2,1-2H3,(H2,17,18,19,21). The van der Waals surface area contributed by atoms with Gasteiger partial charge in [-0.1, -0.05) is 29.8 Å². The van der Waals surface area contributed by atoms with Gasteiger partial charge in [0.2, 0.25) is 0 Å². The number of hydrogen-bond acceptors (Lipinski definition) is 2. The zero-order valence-electron chi connectivity index (χ0n) is 11.7. The van der Waals surface area contributed by atoms with E-state index in [1.54, 1.807) is 29.1 Å². The molecular weight excluding hydrogens is 311 g/mol. The first-order valence-electron chi connectivity index (χ1n) is 6.49. The lowest BCUT2D eigenvalue weighted by molar-refractivity contribution is 0.586. The molecule has 112 valence electrons. The predicted molar refractivity (Wildman–Crippen MR) is 87.2 cm³/mol. The molecule has 1 aromatic carbocycles. The van der Waals surface area contributed by atoms with Crippen molar-refractivity contribution < 1.29 is 4.39 Å². The Bertz CT molecular complexity index is 642.